The number of para-hydroxylation sites is 1. The molecule has 0 spiro atoms. The van der Waals surface area contributed by atoms with E-state index in [2.05, 4.69) is 37.9 Å². The Morgan fingerprint density at radius 3 is 2.44 bits per heavy atom. The van der Waals surface area contributed by atoms with Crippen molar-refractivity contribution in [2.24, 2.45) is 0 Å². The van der Waals surface area contributed by atoms with Crippen molar-refractivity contribution in [1.82, 2.24) is 9.47 Å². The molecule has 0 atom stereocenters. The van der Waals surface area contributed by atoms with Crippen molar-refractivity contribution in [3.8, 4) is 10.6 Å². The summed E-state index contributed by atoms with van der Waals surface area (Å²) in [5, 5.41) is 1.63. The first-order valence-corrected chi connectivity index (χ1v) is 10.2. The van der Waals surface area contributed by atoms with E-state index in [1.165, 1.54) is 17.0 Å². The molecule has 0 unspecified atom stereocenters. The number of thiazole rings is 1. The fourth-order valence-electron chi connectivity index (χ4n) is 3.75. The molecule has 4 rings (SSSR count). The molecule has 138 valence electrons. The van der Waals surface area contributed by atoms with Gasteiger partial charge < -0.3 is 4.42 Å². The van der Waals surface area contributed by atoms with Crippen LogP contribution in [0.4, 0.5) is 5.69 Å². The number of fused-ring (bicyclic) bond motifs is 2. The largest absolute Gasteiger partial charge is 0.422 e. The molecule has 0 saturated carbocycles. The average molecular weight is 380 g/mol. The van der Waals surface area contributed by atoms with Crippen molar-refractivity contribution in [2.75, 3.05) is 19.6 Å². The fourth-order valence-corrected chi connectivity index (χ4v) is 4.72. The number of nitrogens with zero attached hydrogens (tertiary/aromatic N) is 2. The minimum atomic E-state index is -0.332. The van der Waals surface area contributed by atoms with Crippen molar-refractivity contribution >= 4 is 38.2 Å². The Bertz CT molecular complexity index is 1130. The van der Waals surface area contributed by atoms with Gasteiger partial charge in [-0.2, -0.15) is 0 Å². The summed E-state index contributed by atoms with van der Waals surface area (Å²) in [5.74, 6) is 0. The predicted octanol–water partition coefficient (Wildman–Crippen LogP) is 5.44. The molecule has 0 aliphatic rings. The molecule has 0 aliphatic carbocycles. The van der Waals surface area contributed by atoms with Crippen molar-refractivity contribution < 1.29 is 4.42 Å². The summed E-state index contributed by atoms with van der Waals surface area (Å²) >= 11 is 1.52. The Morgan fingerprint density at radius 2 is 1.74 bits per heavy atom. The van der Waals surface area contributed by atoms with Gasteiger partial charge in [-0.15, -0.1) is 11.3 Å². The van der Waals surface area contributed by atoms with Crippen molar-refractivity contribution in [1.29, 1.82) is 0 Å². The SMILES string of the molecule is CC[N+](CC)(CC)c1ccc2cc(-c3nc4ccccc4s3)c(=O)oc2c1. The molecular formula is C22H23N2O2S+. The van der Waals surface area contributed by atoms with Crippen LogP contribution in [-0.2, 0) is 0 Å². The van der Waals surface area contributed by atoms with Gasteiger partial charge in [0.05, 0.1) is 35.4 Å². The second-order valence-corrected chi connectivity index (χ2v) is 7.78. The Balaban J connectivity index is 1.85. The maximum absolute atomic E-state index is 12.7. The van der Waals surface area contributed by atoms with Crippen LogP contribution in [0.15, 0.2) is 57.7 Å². The van der Waals surface area contributed by atoms with Gasteiger partial charge in [-0.3, -0.25) is 4.48 Å². The van der Waals surface area contributed by atoms with Crippen molar-refractivity contribution in [2.45, 2.75) is 20.8 Å². The summed E-state index contributed by atoms with van der Waals surface area (Å²) in [7, 11) is 0. The summed E-state index contributed by atoms with van der Waals surface area (Å²) in [6, 6.07) is 16.0. The molecule has 4 aromatic rings. The molecule has 0 fully saturated rings. The normalized spacial score (nSPS) is 12.1. The lowest BCUT2D eigenvalue weighted by molar-refractivity contribution is 0.316. The third-order valence-electron chi connectivity index (χ3n) is 5.61. The molecule has 2 aromatic heterocycles. The lowest BCUT2D eigenvalue weighted by atomic mass is 10.1. The number of hydrogen-bond acceptors (Lipinski definition) is 4. The van der Waals surface area contributed by atoms with Gasteiger partial charge in [0.1, 0.15) is 16.3 Å². The second kappa shape index (κ2) is 6.91. The summed E-state index contributed by atoms with van der Waals surface area (Å²) in [4.78, 5) is 17.3. The van der Waals surface area contributed by atoms with Gasteiger partial charge in [-0.1, -0.05) is 12.1 Å². The minimum absolute atomic E-state index is 0.332. The first kappa shape index (κ1) is 17.9. The van der Waals surface area contributed by atoms with Gasteiger partial charge in [0.25, 0.3) is 0 Å². The monoisotopic (exact) mass is 379 g/mol. The van der Waals surface area contributed by atoms with E-state index in [0.717, 1.165) is 39.7 Å². The van der Waals surface area contributed by atoms with Crippen LogP contribution in [0.3, 0.4) is 0 Å². The van der Waals surface area contributed by atoms with E-state index >= 15 is 0 Å². The van der Waals surface area contributed by atoms with Gasteiger partial charge in [-0.25, -0.2) is 9.78 Å². The summed E-state index contributed by atoms with van der Waals surface area (Å²) in [6.07, 6.45) is 0. The molecule has 2 heterocycles. The molecule has 27 heavy (non-hydrogen) atoms. The Labute approximate surface area is 162 Å². The van der Waals surface area contributed by atoms with Crippen LogP contribution < -0.4 is 10.1 Å². The van der Waals surface area contributed by atoms with E-state index in [9.17, 15) is 4.79 Å². The van der Waals surface area contributed by atoms with Crippen LogP contribution in [0.25, 0.3) is 31.8 Å². The van der Waals surface area contributed by atoms with Crippen LogP contribution in [0.1, 0.15) is 20.8 Å². The third-order valence-corrected chi connectivity index (χ3v) is 6.68. The lowest BCUT2D eigenvalue weighted by Gasteiger charge is -2.35. The molecule has 0 aliphatic heterocycles. The molecule has 0 amide bonds. The smallest absolute Gasteiger partial charge is 0.346 e. The molecule has 0 N–H and O–H groups in total. The van der Waals surface area contributed by atoms with E-state index in [1.807, 2.05) is 36.4 Å². The third kappa shape index (κ3) is 2.97. The maximum atomic E-state index is 12.7. The number of hydrogen-bond donors (Lipinski definition) is 0. The Kier molecular flexibility index (Phi) is 4.58. The first-order chi connectivity index (χ1) is 13.1. The molecular weight excluding hydrogens is 356 g/mol. The molecule has 0 radical (unpaired) electrons. The quantitative estimate of drug-likeness (QED) is 0.343. The predicted molar refractivity (Wildman–Crippen MR) is 115 cm³/mol. The number of quaternary nitrogens is 1. The summed E-state index contributed by atoms with van der Waals surface area (Å²) in [6.45, 7) is 9.61. The highest BCUT2D eigenvalue weighted by atomic mass is 32.1. The Morgan fingerprint density at radius 1 is 1.00 bits per heavy atom. The zero-order valence-corrected chi connectivity index (χ0v) is 16.7. The topological polar surface area (TPSA) is 43.1 Å². The highest BCUT2D eigenvalue weighted by Gasteiger charge is 2.25. The lowest BCUT2D eigenvalue weighted by Crippen LogP contribution is -2.48. The second-order valence-electron chi connectivity index (χ2n) is 6.75. The van der Waals surface area contributed by atoms with E-state index in [1.54, 1.807) is 0 Å². The Hall–Kier alpha value is -2.50. The van der Waals surface area contributed by atoms with E-state index in [4.69, 9.17) is 4.42 Å². The van der Waals surface area contributed by atoms with Crippen molar-refractivity contribution in [3.05, 3.63) is 59.0 Å². The molecule has 4 nitrogen and oxygen atoms in total. The van der Waals surface area contributed by atoms with E-state index < -0.39 is 0 Å². The summed E-state index contributed by atoms with van der Waals surface area (Å²) in [5.41, 5.74) is 2.93. The van der Waals surface area contributed by atoms with Gasteiger partial charge >= 0.3 is 5.63 Å². The maximum Gasteiger partial charge on any atom is 0.346 e. The summed E-state index contributed by atoms with van der Waals surface area (Å²) < 4.78 is 7.66. The first-order valence-electron chi connectivity index (χ1n) is 9.40. The fraction of sp³-hybridized carbons (Fsp3) is 0.273. The van der Waals surface area contributed by atoms with E-state index in [-0.39, 0.29) is 5.63 Å². The van der Waals surface area contributed by atoms with Crippen LogP contribution >= 0.6 is 11.3 Å². The zero-order chi connectivity index (χ0) is 19.0. The van der Waals surface area contributed by atoms with Crippen LogP contribution in [0, 0.1) is 0 Å². The standard InChI is InChI=1S/C22H23N2O2S/c1-4-24(5-2,6-3)16-12-11-15-13-17(22(25)26-19(15)14-16)21-23-18-9-7-8-10-20(18)27-21/h7-14H,4-6H2,1-3H3/q+1. The van der Waals surface area contributed by atoms with Gasteiger partial charge in [0.2, 0.25) is 0 Å². The molecule has 0 bridgehead atoms. The molecule has 2 aromatic carbocycles. The number of aromatic nitrogens is 1. The van der Waals surface area contributed by atoms with E-state index in [0.29, 0.717) is 16.2 Å². The van der Waals surface area contributed by atoms with Gasteiger partial charge in [-0.05, 0) is 51.1 Å². The van der Waals surface area contributed by atoms with Crippen LogP contribution in [0.5, 0.6) is 0 Å². The molecule has 0 saturated heterocycles. The van der Waals surface area contributed by atoms with Crippen LogP contribution in [-0.4, -0.2) is 24.6 Å². The van der Waals surface area contributed by atoms with Gasteiger partial charge in [0.15, 0.2) is 0 Å². The minimum Gasteiger partial charge on any atom is -0.422 e. The highest BCUT2D eigenvalue weighted by molar-refractivity contribution is 7.21. The highest BCUT2D eigenvalue weighted by Crippen LogP contribution is 2.32. The van der Waals surface area contributed by atoms with Crippen LogP contribution in [0.2, 0.25) is 0 Å². The average Bonchev–Trinajstić information content (AvgIpc) is 3.13. The molecule has 5 heteroatoms. The number of rotatable bonds is 5. The van der Waals surface area contributed by atoms with Crippen molar-refractivity contribution in [3.63, 3.8) is 0 Å². The zero-order valence-electron chi connectivity index (χ0n) is 15.9. The van der Waals surface area contributed by atoms with Gasteiger partial charge in [0, 0.05) is 11.5 Å². The number of benzene rings is 2.